The molecule has 5 heteroatoms. The Kier molecular flexibility index (Phi) is 4.62. The number of benzene rings is 2. The normalized spacial score (nSPS) is 13.2. The van der Waals surface area contributed by atoms with Crippen LogP contribution in [0.2, 0.25) is 0 Å². The molecule has 0 saturated heterocycles. The van der Waals surface area contributed by atoms with E-state index in [4.69, 9.17) is 4.74 Å². The molecule has 0 aliphatic heterocycles. The molecule has 1 N–H and O–H groups in total. The van der Waals surface area contributed by atoms with Crippen LogP contribution in [0, 0.1) is 6.92 Å². The van der Waals surface area contributed by atoms with E-state index >= 15 is 0 Å². The van der Waals surface area contributed by atoms with Crippen LogP contribution in [0.1, 0.15) is 36.6 Å². The van der Waals surface area contributed by atoms with Gasteiger partial charge >= 0.3 is 0 Å². The van der Waals surface area contributed by atoms with E-state index in [1.807, 2.05) is 69.3 Å². The van der Waals surface area contributed by atoms with Gasteiger partial charge in [0.15, 0.2) is 0 Å². The van der Waals surface area contributed by atoms with Crippen molar-refractivity contribution in [1.29, 1.82) is 0 Å². The average Bonchev–Trinajstić information content (AvgIpc) is 3.03. The molecular formula is C19H21N3O2. The zero-order valence-corrected chi connectivity index (χ0v) is 14.1. The molecule has 0 amide bonds. The third kappa shape index (κ3) is 2.90. The highest BCUT2D eigenvalue weighted by Crippen LogP contribution is 2.29. The van der Waals surface area contributed by atoms with Gasteiger partial charge in [0.05, 0.1) is 6.61 Å². The number of aromatic nitrogens is 3. The molecule has 1 heterocycles. The molecule has 3 aromatic rings. The van der Waals surface area contributed by atoms with Gasteiger partial charge in [-0.2, -0.15) is 4.68 Å². The average molecular weight is 323 g/mol. The number of rotatable bonds is 5. The van der Waals surface area contributed by atoms with E-state index in [-0.39, 0.29) is 0 Å². The Morgan fingerprint density at radius 2 is 2.08 bits per heavy atom. The van der Waals surface area contributed by atoms with Crippen LogP contribution in [0.3, 0.4) is 0 Å². The molecule has 1 aromatic heterocycles. The lowest BCUT2D eigenvalue weighted by atomic mass is 9.99. The van der Waals surface area contributed by atoms with Crippen molar-refractivity contribution < 1.29 is 9.84 Å². The lowest BCUT2D eigenvalue weighted by Gasteiger charge is -2.15. The molecule has 24 heavy (non-hydrogen) atoms. The lowest BCUT2D eigenvalue weighted by Crippen LogP contribution is -2.07. The van der Waals surface area contributed by atoms with Crippen molar-refractivity contribution in [3.63, 3.8) is 0 Å². The molecule has 0 bridgehead atoms. The second kappa shape index (κ2) is 6.84. The smallest absolute Gasteiger partial charge is 0.211 e. The number of aryl methyl sites for hydroxylation is 1. The van der Waals surface area contributed by atoms with Gasteiger partial charge in [-0.25, -0.2) is 0 Å². The standard InChI is InChI=1S/C19H21N3O2/c1-4-17(24-5-2)22-18-15(10-7-11-16(18)20-21-22)19(23)14-9-6-8-13(3)12-14/h4,6-12,19,23H,5H2,1-3H3. The molecule has 5 nitrogen and oxygen atoms in total. The number of allylic oxidation sites excluding steroid dienone is 1. The highest BCUT2D eigenvalue weighted by Gasteiger charge is 2.19. The minimum atomic E-state index is -0.759. The topological polar surface area (TPSA) is 60.2 Å². The van der Waals surface area contributed by atoms with Crippen LogP contribution in [0.25, 0.3) is 16.9 Å². The summed E-state index contributed by atoms with van der Waals surface area (Å²) >= 11 is 0. The van der Waals surface area contributed by atoms with Crippen LogP contribution >= 0.6 is 0 Å². The fourth-order valence-corrected chi connectivity index (χ4v) is 2.81. The van der Waals surface area contributed by atoms with Gasteiger partial charge in [-0.15, -0.1) is 5.10 Å². The minimum Gasteiger partial charge on any atom is -0.478 e. The first-order valence-electron chi connectivity index (χ1n) is 8.04. The van der Waals surface area contributed by atoms with E-state index in [9.17, 15) is 5.11 Å². The summed E-state index contributed by atoms with van der Waals surface area (Å²) in [6.07, 6.45) is 1.08. The molecule has 0 fully saturated rings. The minimum absolute atomic E-state index is 0.531. The first-order valence-corrected chi connectivity index (χ1v) is 8.04. The number of ether oxygens (including phenoxy) is 1. The largest absolute Gasteiger partial charge is 0.478 e. The van der Waals surface area contributed by atoms with Crippen molar-refractivity contribution in [3.05, 3.63) is 65.2 Å². The van der Waals surface area contributed by atoms with E-state index in [0.29, 0.717) is 12.5 Å². The maximum atomic E-state index is 10.9. The summed E-state index contributed by atoms with van der Waals surface area (Å²) in [7, 11) is 0. The lowest BCUT2D eigenvalue weighted by molar-refractivity contribution is 0.221. The molecule has 3 rings (SSSR count). The van der Waals surface area contributed by atoms with Crippen molar-refractivity contribution in [3.8, 4) is 0 Å². The predicted molar refractivity (Wildman–Crippen MR) is 94.3 cm³/mol. The summed E-state index contributed by atoms with van der Waals surface area (Å²) in [5, 5.41) is 19.3. The monoisotopic (exact) mass is 323 g/mol. The Morgan fingerprint density at radius 3 is 2.79 bits per heavy atom. The fraction of sp³-hybridized carbons (Fsp3) is 0.263. The highest BCUT2D eigenvalue weighted by atomic mass is 16.5. The number of para-hydroxylation sites is 1. The van der Waals surface area contributed by atoms with Crippen molar-refractivity contribution in [2.75, 3.05) is 6.61 Å². The Balaban J connectivity index is 2.16. The Labute approximate surface area is 141 Å². The van der Waals surface area contributed by atoms with E-state index in [1.165, 1.54) is 0 Å². The second-order valence-corrected chi connectivity index (χ2v) is 5.59. The van der Waals surface area contributed by atoms with Crippen LogP contribution in [0.4, 0.5) is 0 Å². The molecule has 1 unspecified atom stereocenters. The summed E-state index contributed by atoms with van der Waals surface area (Å²) in [6, 6.07) is 13.5. The molecule has 1 atom stereocenters. The number of hydrogen-bond acceptors (Lipinski definition) is 4. The van der Waals surface area contributed by atoms with E-state index < -0.39 is 6.10 Å². The van der Waals surface area contributed by atoms with Gasteiger partial charge in [-0.1, -0.05) is 47.2 Å². The zero-order chi connectivity index (χ0) is 17.1. The molecule has 2 aromatic carbocycles. The first-order chi connectivity index (χ1) is 11.7. The Hall–Kier alpha value is -2.66. The van der Waals surface area contributed by atoms with Crippen molar-refractivity contribution >= 4 is 16.9 Å². The van der Waals surface area contributed by atoms with Gasteiger partial charge < -0.3 is 9.84 Å². The summed E-state index contributed by atoms with van der Waals surface area (Å²) < 4.78 is 7.29. The maximum absolute atomic E-state index is 10.9. The van der Waals surface area contributed by atoms with E-state index in [1.54, 1.807) is 4.68 Å². The molecule has 0 radical (unpaired) electrons. The molecule has 0 spiro atoms. The molecule has 0 aliphatic rings. The summed E-state index contributed by atoms with van der Waals surface area (Å²) in [5.74, 6) is 0.601. The summed E-state index contributed by atoms with van der Waals surface area (Å²) in [4.78, 5) is 0. The fourth-order valence-electron chi connectivity index (χ4n) is 2.81. The Morgan fingerprint density at radius 1 is 1.29 bits per heavy atom. The molecule has 0 aliphatic carbocycles. The third-order valence-electron chi connectivity index (χ3n) is 3.90. The Bertz CT molecular complexity index is 883. The number of hydrogen-bond donors (Lipinski definition) is 1. The van der Waals surface area contributed by atoms with Crippen LogP contribution in [-0.4, -0.2) is 26.7 Å². The molecular weight excluding hydrogens is 302 g/mol. The van der Waals surface area contributed by atoms with Gasteiger partial charge in [0.2, 0.25) is 5.88 Å². The van der Waals surface area contributed by atoms with E-state index in [2.05, 4.69) is 10.3 Å². The van der Waals surface area contributed by atoms with Gasteiger partial charge in [0.25, 0.3) is 0 Å². The van der Waals surface area contributed by atoms with Crippen molar-refractivity contribution in [2.45, 2.75) is 26.9 Å². The van der Waals surface area contributed by atoms with Crippen LogP contribution in [0.15, 0.2) is 48.5 Å². The van der Waals surface area contributed by atoms with Crippen LogP contribution < -0.4 is 0 Å². The first kappa shape index (κ1) is 16.2. The van der Waals surface area contributed by atoms with Crippen molar-refractivity contribution in [2.24, 2.45) is 0 Å². The van der Waals surface area contributed by atoms with Crippen molar-refractivity contribution in [1.82, 2.24) is 15.0 Å². The van der Waals surface area contributed by atoms with Gasteiger partial charge in [0, 0.05) is 5.56 Å². The van der Waals surface area contributed by atoms with Crippen LogP contribution in [-0.2, 0) is 4.74 Å². The third-order valence-corrected chi connectivity index (χ3v) is 3.90. The number of fused-ring (bicyclic) bond motifs is 1. The quantitative estimate of drug-likeness (QED) is 0.728. The van der Waals surface area contributed by atoms with E-state index in [0.717, 1.165) is 27.7 Å². The zero-order valence-electron chi connectivity index (χ0n) is 14.1. The summed E-state index contributed by atoms with van der Waals surface area (Å²) in [6.45, 7) is 6.35. The maximum Gasteiger partial charge on any atom is 0.211 e. The van der Waals surface area contributed by atoms with Crippen LogP contribution in [0.5, 0.6) is 0 Å². The number of aliphatic hydroxyl groups excluding tert-OH is 1. The number of nitrogens with zero attached hydrogens (tertiary/aromatic N) is 3. The molecule has 124 valence electrons. The predicted octanol–water partition coefficient (Wildman–Crippen LogP) is 3.68. The van der Waals surface area contributed by atoms with Gasteiger partial charge in [0.1, 0.15) is 17.1 Å². The second-order valence-electron chi connectivity index (χ2n) is 5.59. The summed E-state index contributed by atoms with van der Waals surface area (Å²) in [5.41, 5.74) is 4.18. The van der Waals surface area contributed by atoms with Gasteiger partial charge in [-0.3, -0.25) is 0 Å². The molecule has 0 saturated carbocycles. The SMILES string of the molecule is CC=C(OCC)n1nnc2cccc(C(O)c3cccc(C)c3)c21. The highest BCUT2D eigenvalue weighted by molar-refractivity contribution is 5.81. The van der Waals surface area contributed by atoms with Gasteiger partial charge in [-0.05, 0) is 38.5 Å². The number of aliphatic hydroxyl groups is 1.